The zero-order valence-electron chi connectivity index (χ0n) is 16.1. The lowest BCUT2D eigenvalue weighted by atomic mass is 9.96. The number of aliphatic hydroxyl groups is 1. The molecule has 0 aromatic carbocycles. The molecule has 0 unspecified atom stereocenters. The number of pyridine rings is 1. The quantitative estimate of drug-likeness (QED) is 0.456. The number of amides is 1. The number of aromatic nitrogens is 1. The summed E-state index contributed by atoms with van der Waals surface area (Å²) >= 11 is 0. The van der Waals surface area contributed by atoms with Gasteiger partial charge in [-0.1, -0.05) is 6.07 Å². The van der Waals surface area contributed by atoms with Gasteiger partial charge in [-0.05, 0) is 12.1 Å². The number of aliphatic hydroxyl groups excluding tert-OH is 1. The van der Waals surface area contributed by atoms with E-state index >= 15 is 0 Å². The molecule has 0 bridgehead atoms. The standard InChI is InChI=1S/C18H22N2O9/c1-9(21)26-8-13-15(27-10(2)22)16(28-11(3)23)14(18(25)29-13)20-17(24)12-6-4-5-7-19-12/h4-7,13-16,18,25H,8H2,1-3H3,(H,20,24)/t13-,14-,15-,16-,18+/m1/s1. The lowest BCUT2D eigenvalue weighted by Crippen LogP contribution is -2.66. The molecule has 158 valence electrons. The normalized spacial score (nSPS) is 26.1. The van der Waals surface area contributed by atoms with Gasteiger partial charge < -0.3 is 29.4 Å². The highest BCUT2D eigenvalue weighted by atomic mass is 16.7. The second kappa shape index (κ2) is 9.94. The van der Waals surface area contributed by atoms with Crippen molar-refractivity contribution in [2.45, 2.75) is 51.4 Å². The molecule has 0 spiro atoms. The van der Waals surface area contributed by atoms with Gasteiger partial charge >= 0.3 is 17.9 Å². The summed E-state index contributed by atoms with van der Waals surface area (Å²) in [6, 6.07) is 3.37. The topological polar surface area (TPSA) is 150 Å². The van der Waals surface area contributed by atoms with Gasteiger partial charge in [-0.15, -0.1) is 0 Å². The van der Waals surface area contributed by atoms with Crippen LogP contribution in [-0.4, -0.2) is 71.2 Å². The first-order chi connectivity index (χ1) is 13.7. The third-order valence-electron chi connectivity index (χ3n) is 3.92. The Morgan fingerprint density at radius 3 is 2.28 bits per heavy atom. The van der Waals surface area contributed by atoms with Crippen molar-refractivity contribution in [3.05, 3.63) is 30.1 Å². The van der Waals surface area contributed by atoms with E-state index < -0.39 is 54.5 Å². The average molecular weight is 410 g/mol. The molecule has 1 aromatic heterocycles. The van der Waals surface area contributed by atoms with Crippen LogP contribution in [0.4, 0.5) is 0 Å². The van der Waals surface area contributed by atoms with Gasteiger partial charge in [0.1, 0.15) is 24.4 Å². The molecule has 11 heteroatoms. The van der Waals surface area contributed by atoms with Crippen LogP contribution in [0, 0.1) is 0 Å². The third kappa shape index (κ3) is 6.22. The molecule has 1 fully saturated rings. The summed E-state index contributed by atoms with van der Waals surface area (Å²) < 4.78 is 20.7. The minimum atomic E-state index is -1.65. The molecule has 1 aliphatic rings. The number of nitrogens with one attached hydrogen (secondary N) is 1. The second-order valence-corrected chi connectivity index (χ2v) is 6.23. The maximum absolute atomic E-state index is 12.5. The fourth-order valence-corrected chi connectivity index (χ4v) is 2.80. The van der Waals surface area contributed by atoms with Crippen LogP contribution in [0.3, 0.4) is 0 Å². The van der Waals surface area contributed by atoms with Crippen molar-refractivity contribution < 1.29 is 43.2 Å². The number of esters is 3. The van der Waals surface area contributed by atoms with Crippen molar-refractivity contribution in [3.63, 3.8) is 0 Å². The monoisotopic (exact) mass is 410 g/mol. The van der Waals surface area contributed by atoms with E-state index in [1.54, 1.807) is 12.1 Å². The summed E-state index contributed by atoms with van der Waals surface area (Å²) in [6.45, 7) is 3.04. The van der Waals surface area contributed by atoms with Gasteiger partial charge in [0, 0.05) is 27.0 Å². The van der Waals surface area contributed by atoms with Gasteiger partial charge in [-0.3, -0.25) is 24.2 Å². The van der Waals surface area contributed by atoms with Gasteiger partial charge in [0.25, 0.3) is 5.91 Å². The van der Waals surface area contributed by atoms with Gasteiger partial charge in [0.15, 0.2) is 18.5 Å². The van der Waals surface area contributed by atoms with E-state index in [1.807, 2.05) is 0 Å². The van der Waals surface area contributed by atoms with E-state index in [1.165, 1.54) is 19.2 Å². The Morgan fingerprint density at radius 1 is 1.07 bits per heavy atom. The van der Waals surface area contributed by atoms with E-state index in [-0.39, 0.29) is 12.3 Å². The fraction of sp³-hybridized carbons (Fsp3) is 0.500. The number of carbonyl (C=O) groups is 4. The van der Waals surface area contributed by atoms with Crippen LogP contribution in [0.2, 0.25) is 0 Å². The molecule has 5 atom stereocenters. The van der Waals surface area contributed by atoms with E-state index in [4.69, 9.17) is 18.9 Å². The van der Waals surface area contributed by atoms with E-state index in [9.17, 15) is 24.3 Å². The third-order valence-corrected chi connectivity index (χ3v) is 3.92. The Labute approximate surface area is 166 Å². The van der Waals surface area contributed by atoms with Crippen LogP contribution in [0.1, 0.15) is 31.3 Å². The molecule has 1 saturated heterocycles. The highest BCUT2D eigenvalue weighted by Crippen LogP contribution is 2.26. The first-order valence-electron chi connectivity index (χ1n) is 8.72. The molecule has 0 aliphatic carbocycles. The van der Waals surface area contributed by atoms with Crippen molar-refractivity contribution in [1.82, 2.24) is 10.3 Å². The molecular weight excluding hydrogens is 388 g/mol. The first-order valence-corrected chi connectivity index (χ1v) is 8.72. The lowest BCUT2D eigenvalue weighted by Gasteiger charge is -2.43. The molecule has 29 heavy (non-hydrogen) atoms. The zero-order valence-corrected chi connectivity index (χ0v) is 16.1. The summed E-state index contributed by atoms with van der Waals surface area (Å²) in [6.07, 6.45) is -3.95. The van der Waals surface area contributed by atoms with Gasteiger partial charge in [0.05, 0.1) is 0 Å². The molecule has 11 nitrogen and oxygen atoms in total. The van der Waals surface area contributed by atoms with E-state index in [0.717, 1.165) is 13.8 Å². The molecule has 2 N–H and O–H groups in total. The van der Waals surface area contributed by atoms with Crippen LogP contribution < -0.4 is 5.32 Å². The Morgan fingerprint density at radius 2 is 1.72 bits per heavy atom. The Bertz CT molecular complexity index is 755. The molecular formula is C18H22N2O9. The number of nitrogens with zero attached hydrogens (tertiary/aromatic N) is 1. The van der Waals surface area contributed by atoms with E-state index in [0.29, 0.717) is 0 Å². The van der Waals surface area contributed by atoms with Crippen LogP contribution >= 0.6 is 0 Å². The van der Waals surface area contributed by atoms with Crippen molar-refractivity contribution in [3.8, 4) is 0 Å². The summed E-state index contributed by atoms with van der Waals surface area (Å²) in [7, 11) is 0. The summed E-state index contributed by atoms with van der Waals surface area (Å²) in [4.78, 5) is 50.7. The van der Waals surface area contributed by atoms with Crippen LogP contribution in [-0.2, 0) is 33.3 Å². The first kappa shape index (κ1) is 22.2. The second-order valence-electron chi connectivity index (χ2n) is 6.23. The Kier molecular flexibility index (Phi) is 7.62. The predicted molar refractivity (Wildman–Crippen MR) is 94.1 cm³/mol. The lowest BCUT2D eigenvalue weighted by molar-refractivity contribution is -0.263. The number of hydrogen-bond donors (Lipinski definition) is 2. The molecule has 2 heterocycles. The number of rotatable bonds is 6. The average Bonchev–Trinajstić information content (AvgIpc) is 2.65. The fourth-order valence-electron chi connectivity index (χ4n) is 2.80. The van der Waals surface area contributed by atoms with Crippen LogP contribution in [0.15, 0.2) is 24.4 Å². The van der Waals surface area contributed by atoms with Gasteiger partial charge in [-0.25, -0.2) is 0 Å². The molecule has 1 amide bonds. The Balaban J connectivity index is 2.30. The van der Waals surface area contributed by atoms with E-state index in [2.05, 4.69) is 10.3 Å². The van der Waals surface area contributed by atoms with Crippen molar-refractivity contribution in [2.75, 3.05) is 6.61 Å². The van der Waals surface area contributed by atoms with Gasteiger partial charge in [0.2, 0.25) is 0 Å². The number of carbonyl (C=O) groups excluding carboxylic acids is 4. The molecule has 0 saturated carbocycles. The highest BCUT2D eigenvalue weighted by molar-refractivity contribution is 5.92. The zero-order chi connectivity index (χ0) is 21.6. The minimum absolute atomic E-state index is 0.0485. The van der Waals surface area contributed by atoms with Crippen molar-refractivity contribution in [1.29, 1.82) is 0 Å². The minimum Gasteiger partial charge on any atom is -0.463 e. The number of ether oxygens (including phenoxy) is 4. The van der Waals surface area contributed by atoms with Crippen LogP contribution in [0.25, 0.3) is 0 Å². The van der Waals surface area contributed by atoms with Gasteiger partial charge in [-0.2, -0.15) is 0 Å². The smallest absolute Gasteiger partial charge is 0.303 e. The number of hydrogen-bond acceptors (Lipinski definition) is 10. The summed E-state index contributed by atoms with van der Waals surface area (Å²) in [5.41, 5.74) is 0.0485. The SMILES string of the molecule is CC(=O)OC[C@H]1O[C@H](O)[C@H](NC(=O)c2ccccn2)[C@@H](OC(C)=O)[C@@H]1OC(C)=O. The van der Waals surface area contributed by atoms with Crippen molar-refractivity contribution in [2.24, 2.45) is 0 Å². The predicted octanol–water partition coefficient (Wildman–Crippen LogP) is -0.676. The highest BCUT2D eigenvalue weighted by Gasteiger charge is 2.50. The summed E-state index contributed by atoms with van der Waals surface area (Å²) in [5, 5.41) is 12.9. The Hall–Kier alpha value is -3.05. The van der Waals surface area contributed by atoms with Crippen molar-refractivity contribution >= 4 is 23.8 Å². The molecule has 1 aromatic rings. The molecule has 2 rings (SSSR count). The largest absolute Gasteiger partial charge is 0.463 e. The molecule has 0 radical (unpaired) electrons. The summed E-state index contributed by atoms with van der Waals surface area (Å²) in [5.74, 6) is -2.77. The maximum atomic E-state index is 12.5. The maximum Gasteiger partial charge on any atom is 0.303 e. The molecule has 1 aliphatic heterocycles. The van der Waals surface area contributed by atoms with Crippen LogP contribution in [0.5, 0.6) is 0 Å².